The lowest BCUT2D eigenvalue weighted by Gasteiger charge is -2.35. The van der Waals surface area contributed by atoms with Crippen molar-refractivity contribution >= 4 is 11.8 Å². The molecule has 2 unspecified atom stereocenters. The maximum Gasteiger partial charge on any atom is 0.305 e. The summed E-state index contributed by atoms with van der Waals surface area (Å²) in [6.07, 6.45) is 23.8. The van der Waals surface area contributed by atoms with Crippen molar-refractivity contribution in [1.82, 2.24) is 0 Å². The maximum atomic E-state index is 12.4. The Morgan fingerprint density at radius 2 is 1.61 bits per heavy atom. The number of ether oxygens (including phenoxy) is 5. The van der Waals surface area contributed by atoms with E-state index in [0.29, 0.717) is 12.8 Å². The summed E-state index contributed by atoms with van der Waals surface area (Å²) in [6, 6.07) is 0. The zero-order valence-electron chi connectivity index (χ0n) is 26.1. The first-order valence-electron chi connectivity index (χ1n) is 16.3. The number of methoxy groups -OCH3 is 1. The molecule has 0 amide bonds. The lowest BCUT2D eigenvalue weighted by Crippen LogP contribution is -2.29. The van der Waals surface area contributed by atoms with Crippen molar-refractivity contribution in [2.24, 2.45) is 10.8 Å². The number of allylic oxidation sites excluding steroid dienone is 4. The van der Waals surface area contributed by atoms with E-state index in [1.54, 1.807) is 0 Å². The molecule has 234 valence electrons. The van der Waals surface area contributed by atoms with Crippen LogP contribution < -0.4 is 0 Å². The second-order valence-corrected chi connectivity index (χ2v) is 13.0. The van der Waals surface area contributed by atoms with Crippen molar-refractivity contribution in [3.05, 3.63) is 24.0 Å². The molecule has 0 radical (unpaired) electrons. The topological polar surface area (TPSA) is 80.3 Å². The van der Waals surface area contributed by atoms with Gasteiger partial charge in [-0.25, -0.2) is 0 Å². The van der Waals surface area contributed by atoms with Gasteiger partial charge in [0.1, 0.15) is 12.4 Å². The highest BCUT2D eigenvalue weighted by Crippen LogP contribution is 2.49. The summed E-state index contributed by atoms with van der Waals surface area (Å²) in [7, 11) is 1.44. The number of hydrogen-bond acceptors (Lipinski definition) is 7. The van der Waals surface area contributed by atoms with Crippen LogP contribution in [0.1, 0.15) is 129 Å². The third-order valence-corrected chi connectivity index (χ3v) is 8.85. The Balaban J connectivity index is 1.55. The third kappa shape index (κ3) is 12.6. The molecule has 0 aromatic carbocycles. The predicted molar refractivity (Wildman–Crippen MR) is 160 cm³/mol. The maximum absolute atomic E-state index is 12.4. The first kappa shape index (κ1) is 33.8. The number of Topliss-reactive ketones (excluding diaryl/α,β-unsaturated/α-hetero) is 1. The molecule has 2 atom stereocenters. The second-order valence-electron chi connectivity index (χ2n) is 13.0. The third-order valence-electron chi connectivity index (χ3n) is 8.85. The van der Waals surface area contributed by atoms with Crippen LogP contribution in [0, 0.1) is 10.8 Å². The first-order valence-corrected chi connectivity index (χ1v) is 16.3. The van der Waals surface area contributed by atoms with Gasteiger partial charge in [-0.2, -0.15) is 0 Å². The zero-order chi connectivity index (χ0) is 29.4. The van der Waals surface area contributed by atoms with Gasteiger partial charge >= 0.3 is 5.97 Å². The van der Waals surface area contributed by atoms with Crippen LogP contribution in [0.2, 0.25) is 0 Å². The van der Waals surface area contributed by atoms with E-state index in [0.717, 1.165) is 109 Å². The van der Waals surface area contributed by atoms with Crippen molar-refractivity contribution < 1.29 is 33.3 Å². The molecule has 0 aromatic heterocycles. The van der Waals surface area contributed by atoms with E-state index >= 15 is 0 Å². The molecular weight excluding hydrogens is 520 g/mol. The van der Waals surface area contributed by atoms with E-state index in [-0.39, 0.29) is 41.8 Å². The lowest BCUT2D eigenvalue weighted by atomic mass is 9.77. The molecule has 7 nitrogen and oxygen atoms in total. The molecule has 0 aromatic rings. The van der Waals surface area contributed by atoms with Crippen molar-refractivity contribution in [3.63, 3.8) is 0 Å². The molecule has 2 aliphatic heterocycles. The predicted octanol–water partition coefficient (Wildman–Crippen LogP) is 7.96. The molecule has 1 saturated carbocycles. The molecule has 2 heterocycles. The average molecular weight is 577 g/mol. The van der Waals surface area contributed by atoms with Gasteiger partial charge in [0.25, 0.3) is 0 Å². The number of esters is 1. The minimum Gasteiger partial charge on any atom is -0.469 e. The summed E-state index contributed by atoms with van der Waals surface area (Å²) in [4.78, 5) is 23.8. The lowest BCUT2D eigenvalue weighted by molar-refractivity contribution is -0.169. The number of carbonyl (C=O) groups is 2. The number of hydrogen-bond donors (Lipinski definition) is 0. The minimum absolute atomic E-state index is 0.00420. The zero-order valence-corrected chi connectivity index (χ0v) is 26.1. The number of unbranched alkanes of at least 4 members (excludes halogenated alkanes) is 1. The van der Waals surface area contributed by atoms with Crippen molar-refractivity contribution in [2.45, 2.75) is 142 Å². The minimum atomic E-state index is -0.210. The van der Waals surface area contributed by atoms with Gasteiger partial charge in [0.2, 0.25) is 0 Å². The van der Waals surface area contributed by atoms with E-state index in [1.807, 2.05) is 0 Å². The molecule has 7 heteroatoms. The number of ketones is 1. The van der Waals surface area contributed by atoms with Crippen molar-refractivity contribution in [2.75, 3.05) is 26.9 Å². The standard InChI is InChI=1S/C34H56O7/c1-33(2,20-14-15-28(35)27-40-31-17-7-12-25-38-31)24-19-29(41-32-18-8-13-26-39-32)34(22-10-11-23-34)21-9-5-4-6-16-30(36)37-3/h5,9,19,31-32H,4,6-8,10-18,20-27H2,1-3H3. The van der Waals surface area contributed by atoms with Gasteiger partial charge in [-0.3, -0.25) is 9.59 Å². The highest BCUT2D eigenvalue weighted by molar-refractivity contribution is 5.79. The Kier molecular flexibility index (Phi) is 14.9. The normalized spacial score (nSPS) is 23.5. The van der Waals surface area contributed by atoms with E-state index < -0.39 is 0 Å². The number of carbonyl (C=O) groups excluding carboxylic acids is 2. The quantitative estimate of drug-likeness (QED) is 0.0708. The molecule has 2 saturated heterocycles. The van der Waals surface area contributed by atoms with Crippen LogP contribution in [-0.4, -0.2) is 51.3 Å². The van der Waals surface area contributed by atoms with E-state index in [2.05, 4.69) is 32.1 Å². The number of rotatable bonds is 18. The summed E-state index contributed by atoms with van der Waals surface area (Å²) in [5.41, 5.74) is 0.0589. The molecule has 41 heavy (non-hydrogen) atoms. The second kappa shape index (κ2) is 18.1. The fourth-order valence-corrected chi connectivity index (χ4v) is 6.17. The fraction of sp³-hybridized carbons (Fsp3) is 0.824. The van der Waals surface area contributed by atoms with Crippen LogP contribution >= 0.6 is 0 Å². The molecule has 3 fully saturated rings. The van der Waals surface area contributed by atoms with Gasteiger partial charge in [-0.1, -0.05) is 38.8 Å². The summed E-state index contributed by atoms with van der Waals surface area (Å²) < 4.78 is 28.7. The smallest absolute Gasteiger partial charge is 0.305 e. The van der Waals surface area contributed by atoms with Crippen molar-refractivity contribution in [3.8, 4) is 0 Å². The average Bonchev–Trinajstić information content (AvgIpc) is 3.46. The first-order chi connectivity index (χ1) is 19.8. The monoisotopic (exact) mass is 576 g/mol. The van der Waals surface area contributed by atoms with Crippen LogP contribution in [0.4, 0.5) is 0 Å². The highest BCUT2D eigenvalue weighted by Gasteiger charge is 2.39. The summed E-state index contributed by atoms with van der Waals surface area (Å²) in [5, 5.41) is 0. The molecular formula is C34H56O7. The Bertz CT molecular complexity index is 828. The van der Waals surface area contributed by atoms with Gasteiger partial charge < -0.3 is 23.7 Å². The molecule has 0 spiro atoms. The van der Waals surface area contributed by atoms with E-state index in [1.165, 1.54) is 20.0 Å². The molecule has 3 rings (SSSR count). The van der Waals surface area contributed by atoms with Gasteiger partial charge in [0.05, 0.1) is 13.7 Å². The SMILES string of the molecule is COC(=O)CCCC=CCC1(C(=CCC(C)(C)CCCC(=O)COC2CCCCO2)OC2CCCCO2)CCCC1. The van der Waals surface area contributed by atoms with E-state index in [4.69, 9.17) is 23.7 Å². The Labute approximate surface area is 248 Å². The Hall–Kier alpha value is -1.70. The molecule has 0 bridgehead atoms. The van der Waals surface area contributed by atoms with E-state index in [9.17, 15) is 9.59 Å². The van der Waals surface area contributed by atoms with Crippen LogP contribution in [-0.2, 0) is 33.3 Å². The fourth-order valence-electron chi connectivity index (χ4n) is 6.17. The van der Waals surface area contributed by atoms with Crippen LogP contribution in [0.25, 0.3) is 0 Å². The van der Waals surface area contributed by atoms with Gasteiger partial charge in [-0.15, -0.1) is 0 Å². The van der Waals surface area contributed by atoms with Crippen molar-refractivity contribution in [1.29, 1.82) is 0 Å². The summed E-state index contributed by atoms with van der Waals surface area (Å²) in [6.45, 7) is 6.23. The summed E-state index contributed by atoms with van der Waals surface area (Å²) in [5.74, 6) is 1.12. The largest absolute Gasteiger partial charge is 0.469 e. The van der Waals surface area contributed by atoms with Gasteiger partial charge in [-0.05, 0) is 95.0 Å². The molecule has 3 aliphatic rings. The Morgan fingerprint density at radius 1 is 0.902 bits per heavy atom. The van der Waals surface area contributed by atoms with Gasteiger partial charge in [0, 0.05) is 31.3 Å². The molecule has 0 N–H and O–H groups in total. The Morgan fingerprint density at radius 3 is 2.27 bits per heavy atom. The summed E-state index contributed by atoms with van der Waals surface area (Å²) >= 11 is 0. The van der Waals surface area contributed by atoms with Crippen LogP contribution in [0.5, 0.6) is 0 Å². The van der Waals surface area contributed by atoms with Crippen LogP contribution in [0.15, 0.2) is 24.0 Å². The highest BCUT2D eigenvalue weighted by atomic mass is 16.7. The van der Waals surface area contributed by atoms with Crippen LogP contribution in [0.3, 0.4) is 0 Å². The van der Waals surface area contributed by atoms with Gasteiger partial charge in [0.15, 0.2) is 18.4 Å². The molecule has 1 aliphatic carbocycles.